The third-order valence-corrected chi connectivity index (χ3v) is 6.09. The van der Waals surface area contributed by atoms with Crippen molar-refractivity contribution < 1.29 is 19.3 Å². The van der Waals surface area contributed by atoms with E-state index in [9.17, 15) is 5.11 Å². The van der Waals surface area contributed by atoms with Gasteiger partial charge >= 0.3 is 0 Å². The van der Waals surface area contributed by atoms with Crippen molar-refractivity contribution in [3.63, 3.8) is 0 Å². The quantitative estimate of drug-likeness (QED) is 0.627. The Morgan fingerprint density at radius 1 is 0.933 bits per heavy atom. The van der Waals surface area contributed by atoms with Crippen LogP contribution in [0.15, 0.2) is 30.3 Å². The van der Waals surface area contributed by atoms with E-state index in [0.717, 1.165) is 56.5 Å². The van der Waals surface area contributed by atoms with Crippen LogP contribution in [0.25, 0.3) is 21.9 Å². The van der Waals surface area contributed by atoms with Gasteiger partial charge in [0.2, 0.25) is 0 Å². The van der Waals surface area contributed by atoms with Crippen LogP contribution in [0.1, 0.15) is 36.6 Å². The zero-order chi connectivity index (χ0) is 21.6. The molecule has 158 valence electrons. The van der Waals surface area contributed by atoms with Gasteiger partial charge < -0.3 is 24.6 Å². The summed E-state index contributed by atoms with van der Waals surface area (Å²) in [7, 11) is 5.00. The predicted molar refractivity (Wildman–Crippen MR) is 120 cm³/mol. The predicted octanol–water partition coefficient (Wildman–Crippen LogP) is 5.14. The minimum Gasteiger partial charge on any atom is -0.507 e. The Morgan fingerprint density at radius 3 is 2.30 bits per heavy atom. The number of hydrogen-bond acceptors (Lipinski definition) is 5. The average Bonchev–Trinajstić information content (AvgIpc) is 2.72. The van der Waals surface area contributed by atoms with Crippen LogP contribution in [0.2, 0.25) is 0 Å². The molecule has 0 saturated carbocycles. The highest BCUT2D eigenvalue weighted by atomic mass is 16.5. The van der Waals surface area contributed by atoms with Gasteiger partial charge in [-0.05, 0) is 61.4 Å². The van der Waals surface area contributed by atoms with Crippen LogP contribution >= 0.6 is 0 Å². The fraction of sp³-hybridized carbons (Fsp3) is 0.360. The van der Waals surface area contributed by atoms with Crippen LogP contribution in [-0.2, 0) is 6.42 Å². The maximum atomic E-state index is 10.8. The molecule has 5 nitrogen and oxygen atoms in total. The molecule has 0 aromatic heterocycles. The molecule has 3 aromatic carbocycles. The second kappa shape index (κ2) is 7.73. The van der Waals surface area contributed by atoms with E-state index in [0.29, 0.717) is 5.75 Å². The van der Waals surface area contributed by atoms with E-state index in [1.807, 2.05) is 18.2 Å². The van der Waals surface area contributed by atoms with Gasteiger partial charge in [-0.3, -0.25) is 0 Å². The highest BCUT2D eigenvalue weighted by Gasteiger charge is 2.30. The fourth-order valence-electron chi connectivity index (χ4n) is 4.93. The first-order valence-electron chi connectivity index (χ1n) is 10.2. The van der Waals surface area contributed by atoms with Gasteiger partial charge in [0.15, 0.2) is 0 Å². The smallest absolute Gasteiger partial charge is 0.130 e. The minimum atomic E-state index is 0.0489. The summed E-state index contributed by atoms with van der Waals surface area (Å²) >= 11 is 0. The number of aromatic hydroxyl groups is 1. The van der Waals surface area contributed by atoms with Crippen molar-refractivity contribution in [2.45, 2.75) is 39.3 Å². The van der Waals surface area contributed by atoms with Crippen molar-refractivity contribution >= 4 is 10.8 Å². The largest absolute Gasteiger partial charge is 0.507 e. The number of aryl methyl sites for hydroxylation is 1. The molecule has 0 amide bonds. The summed E-state index contributed by atoms with van der Waals surface area (Å²) in [6.07, 6.45) is 0.802. The number of rotatable bonds is 4. The molecule has 2 atom stereocenters. The third kappa shape index (κ3) is 3.05. The van der Waals surface area contributed by atoms with Gasteiger partial charge in [0.1, 0.15) is 23.0 Å². The molecule has 0 aliphatic carbocycles. The normalized spacial score (nSPS) is 18.2. The molecular formula is C25H29NO4. The van der Waals surface area contributed by atoms with Crippen molar-refractivity contribution in [2.75, 3.05) is 21.3 Å². The van der Waals surface area contributed by atoms with Crippen LogP contribution in [0, 0.1) is 6.92 Å². The van der Waals surface area contributed by atoms with Crippen molar-refractivity contribution in [2.24, 2.45) is 0 Å². The molecule has 30 heavy (non-hydrogen) atoms. The summed E-state index contributed by atoms with van der Waals surface area (Å²) < 4.78 is 17.2. The van der Waals surface area contributed by atoms with Crippen LogP contribution in [0.3, 0.4) is 0 Å². The zero-order valence-electron chi connectivity index (χ0n) is 18.4. The summed E-state index contributed by atoms with van der Waals surface area (Å²) in [5.41, 5.74) is 5.26. The highest BCUT2D eigenvalue weighted by Crippen LogP contribution is 2.49. The molecule has 0 radical (unpaired) electrons. The van der Waals surface area contributed by atoms with Gasteiger partial charge in [-0.1, -0.05) is 12.1 Å². The van der Waals surface area contributed by atoms with Gasteiger partial charge in [-0.2, -0.15) is 0 Å². The van der Waals surface area contributed by atoms with Gasteiger partial charge in [0.05, 0.1) is 26.7 Å². The SMILES string of the molecule is COc1cc(O)c2c(c1-c1c(C)cc(OC)c3c(OC)cccc13)CC(C)NC2C. The first kappa shape index (κ1) is 20.4. The molecule has 0 spiro atoms. The Balaban J connectivity index is 2.17. The van der Waals surface area contributed by atoms with E-state index in [1.165, 1.54) is 0 Å². The molecule has 2 N–H and O–H groups in total. The molecule has 4 rings (SSSR count). The van der Waals surface area contributed by atoms with Crippen LogP contribution in [0.5, 0.6) is 23.0 Å². The first-order chi connectivity index (χ1) is 14.4. The summed E-state index contributed by atoms with van der Waals surface area (Å²) in [5, 5.41) is 16.3. The molecule has 1 heterocycles. The molecular weight excluding hydrogens is 378 g/mol. The second-order valence-corrected chi connectivity index (χ2v) is 8.01. The minimum absolute atomic E-state index is 0.0489. The number of hydrogen-bond donors (Lipinski definition) is 2. The standard InChI is InChI=1S/C25H29NO4/c1-13-10-20(29-5)24-16(8-7-9-19(24)28-4)22(13)25-17-11-14(2)26-15(3)23(17)18(27)12-21(25)30-6/h7-10,12,14-15,26-27H,11H2,1-6H3. The molecule has 0 bridgehead atoms. The first-order valence-corrected chi connectivity index (χ1v) is 10.2. The lowest BCUT2D eigenvalue weighted by Gasteiger charge is -2.33. The van der Waals surface area contributed by atoms with E-state index in [1.54, 1.807) is 27.4 Å². The number of ether oxygens (including phenoxy) is 3. The summed E-state index contributed by atoms with van der Waals surface area (Å²) in [4.78, 5) is 0. The molecule has 2 unspecified atom stereocenters. The number of phenolic OH excluding ortho intramolecular Hbond substituents is 1. The molecule has 3 aromatic rings. The van der Waals surface area contributed by atoms with E-state index in [-0.39, 0.29) is 17.8 Å². The lowest BCUT2D eigenvalue weighted by atomic mass is 9.81. The molecule has 0 fully saturated rings. The second-order valence-electron chi connectivity index (χ2n) is 8.01. The lowest BCUT2D eigenvalue weighted by Crippen LogP contribution is -2.36. The monoisotopic (exact) mass is 407 g/mol. The van der Waals surface area contributed by atoms with Crippen molar-refractivity contribution in [1.82, 2.24) is 5.32 Å². The molecule has 5 heteroatoms. The molecule has 1 aliphatic rings. The average molecular weight is 408 g/mol. The Kier molecular flexibility index (Phi) is 5.24. The van der Waals surface area contributed by atoms with Crippen molar-refractivity contribution in [3.8, 4) is 34.1 Å². The van der Waals surface area contributed by atoms with Gasteiger partial charge in [-0.15, -0.1) is 0 Å². The van der Waals surface area contributed by atoms with Crippen molar-refractivity contribution in [1.29, 1.82) is 0 Å². The Bertz CT molecular complexity index is 1120. The summed E-state index contributed by atoms with van der Waals surface area (Å²) in [5.74, 6) is 2.48. The van der Waals surface area contributed by atoms with Crippen molar-refractivity contribution in [3.05, 3.63) is 47.0 Å². The Hall–Kier alpha value is -2.92. The topological polar surface area (TPSA) is 60.0 Å². The number of phenols is 1. The van der Waals surface area contributed by atoms with E-state index >= 15 is 0 Å². The maximum Gasteiger partial charge on any atom is 0.130 e. The molecule has 1 aliphatic heterocycles. The number of benzene rings is 3. The van der Waals surface area contributed by atoms with E-state index in [2.05, 4.69) is 32.2 Å². The van der Waals surface area contributed by atoms with Crippen LogP contribution in [-0.4, -0.2) is 32.5 Å². The number of fused-ring (bicyclic) bond motifs is 2. The lowest BCUT2D eigenvalue weighted by molar-refractivity contribution is 0.389. The van der Waals surface area contributed by atoms with Crippen LogP contribution in [0.4, 0.5) is 0 Å². The number of methoxy groups -OCH3 is 3. The van der Waals surface area contributed by atoms with Gasteiger partial charge in [0, 0.05) is 29.3 Å². The van der Waals surface area contributed by atoms with Crippen LogP contribution < -0.4 is 19.5 Å². The summed E-state index contributed by atoms with van der Waals surface area (Å²) in [6, 6.07) is 10.2. The van der Waals surface area contributed by atoms with Gasteiger partial charge in [-0.25, -0.2) is 0 Å². The van der Waals surface area contributed by atoms with E-state index in [4.69, 9.17) is 14.2 Å². The highest BCUT2D eigenvalue weighted by molar-refractivity contribution is 6.06. The fourth-order valence-corrected chi connectivity index (χ4v) is 4.93. The van der Waals surface area contributed by atoms with E-state index < -0.39 is 0 Å². The van der Waals surface area contributed by atoms with Gasteiger partial charge in [0.25, 0.3) is 0 Å². The Labute approximate surface area is 177 Å². The Morgan fingerprint density at radius 2 is 1.63 bits per heavy atom. The third-order valence-electron chi connectivity index (χ3n) is 6.09. The molecule has 0 saturated heterocycles. The summed E-state index contributed by atoms with van der Waals surface area (Å²) in [6.45, 7) is 6.34. The maximum absolute atomic E-state index is 10.8. The zero-order valence-corrected chi connectivity index (χ0v) is 18.4. The number of nitrogens with one attached hydrogen (secondary N) is 1.